The molecule has 0 unspecified atom stereocenters. The van der Waals surface area contributed by atoms with Gasteiger partial charge in [-0.25, -0.2) is 14.2 Å². The molecule has 0 bridgehead atoms. The molecule has 22 heavy (non-hydrogen) atoms. The molecule has 0 spiro atoms. The van der Waals surface area contributed by atoms with Crippen LogP contribution in [-0.2, 0) is 9.53 Å². The number of benzene rings is 1. The monoisotopic (exact) mass is 322 g/mol. The van der Waals surface area contributed by atoms with E-state index < -0.39 is 23.8 Å². The highest BCUT2D eigenvalue weighted by molar-refractivity contribution is 6.32. The summed E-state index contributed by atoms with van der Waals surface area (Å²) in [6.07, 6.45) is 0.302. The molecule has 7 heteroatoms. The van der Waals surface area contributed by atoms with E-state index in [-0.39, 0.29) is 16.4 Å². The molecule has 1 aromatic carbocycles. The second-order valence-corrected chi connectivity index (χ2v) is 4.72. The molecule has 0 aliphatic carbocycles. The lowest BCUT2D eigenvalue weighted by Crippen LogP contribution is -2.30. The summed E-state index contributed by atoms with van der Waals surface area (Å²) < 4.78 is 18.4. The van der Waals surface area contributed by atoms with Crippen molar-refractivity contribution in [3.8, 4) is 0 Å². The summed E-state index contributed by atoms with van der Waals surface area (Å²) in [6.45, 7) is 1.37. The molecule has 0 aliphatic rings. The van der Waals surface area contributed by atoms with E-state index in [2.05, 4.69) is 10.3 Å². The van der Waals surface area contributed by atoms with Crippen molar-refractivity contribution in [1.82, 2.24) is 4.98 Å². The van der Waals surface area contributed by atoms with Crippen LogP contribution in [0.4, 0.5) is 10.1 Å². The third kappa shape index (κ3) is 3.79. The molecule has 114 valence electrons. The van der Waals surface area contributed by atoms with Gasteiger partial charge in [0.05, 0.1) is 11.3 Å². The van der Waals surface area contributed by atoms with E-state index in [9.17, 15) is 14.0 Å². The van der Waals surface area contributed by atoms with Gasteiger partial charge in [0, 0.05) is 6.20 Å². The molecule has 0 radical (unpaired) electrons. The van der Waals surface area contributed by atoms with Gasteiger partial charge in [-0.3, -0.25) is 4.79 Å². The number of carbonyl (C=O) groups excluding carboxylic acids is 2. The number of nitrogens with zero attached hydrogens (tertiary/aromatic N) is 1. The number of amides is 1. The fourth-order valence-corrected chi connectivity index (χ4v) is 1.81. The number of carbonyl (C=O) groups is 2. The lowest BCUT2D eigenvalue weighted by Gasteiger charge is -2.14. The molecule has 0 saturated carbocycles. The fraction of sp³-hybridized carbons (Fsp3) is 0.133. The quantitative estimate of drug-likeness (QED) is 0.694. The Labute approximate surface area is 131 Å². The third-order valence-corrected chi connectivity index (χ3v) is 3.06. The maximum atomic E-state index is 13.4. The molecule has 2 aromatic rings. The molecule has 1 N–H and O–H groups in total. The number of pyridine rings is 1. The van der Waals surface area contributed by atoms with Crippen LogP contribution in [0.3, 0.4) is 0 Å². The van der Waals surface area contributed by atoms with E-state index in [4.69, 9.17) is 16.3 Å². The van der Waals surface area contributed by atoms with Crippen LogP contribution in [-0.4, -0.2) is 23.0 Å². The Bertz CT molecular complexity index is 709. The lowest BCUT2D eigenvalue weighted by molar-refractivity contribution is -0.123. The first-order valence-corrected chi connectivity index (χ1v) is 6.73. The van der Waals surface area contributed by atoms with Gasteiger partial charge in [-0.1, -0.05) is 23.7 Å². The predicted molar refractivity (Wildman–Crippen MR) is 79.2 cm³/mol. The molecular formula is C15H12ClFN2O3. The summed E-state index contributed by atoms with van der Waals surface area (Å²) in [5.41, 5.74) is 0.0597. The summed E-state index contributed by atoms with van der Waals surface area (Å²) in [5, 5.41) is 2.32. The molecular weight excluding hydrogens is 311 g/mol. The Balaban J connectivity index is 2.01. The highest BCUT2D eigenvalue weighted by Gasteiger charge is 2.21. The van der Waals surface area contributed by atoms with Gasteiger partial charge >= 0.3 is 5.97 Å². The Kier molecular flexibility index (Phi) is 5.06. The first-order valence-electron chi connectivity index (χ1n) is 6.36. The van der Waals surface area contributed by atoms with Crippen molar-refractivity contribution in [2.75, 3.05) is 5.32 Å². The zero-order valence-electron chi connectivity index (χ0n) is 11.5. The van der Waals surface area contributed by atoms with Crippen LogP contribution in [0.25, 0.3) is 0 Å². The highest BCUT2D eigenvalue weighted by atomic mass is 35.5. The van der Waals surface area contributed by atoms with Gasteiger partial charge < -0.3 is 10.1 Å². The minimum atomic E-state index is -1.12. The van der Waals surface area contributed by atoms with Crippen molar-refractivity contribution in [1.29, 1.82) is 0 Å². The first kappa shape index (κ1) is 15.9. The molecule has 0 fully saturated rings. The van der Waals surface area contributed by atoms with Crippen molar-refractivity contribution in [2.45, 2.75) is 13.0 Å². The average Bonchev–Trinajstić information content (AvgIpc) is 2.49. The summed E-state index contributed by atoms with van der Waals surface area (Å²) >= 11 is 5.77. The molecule has 5 nitrogen and oxygen atoms in total. The van der Waals surface area contributed by atoms with Gasteiger partial charge in [0.15, 0.2) is 6.10 Å². The normalized spacial score (nSPS) is 11.6. The first-order chi connectivity index (χ1) is 10.5. The minimum absolute atomic E-state index is 0.00908. The van der Waals surface area contributed by atoms with Crippen molar-refractivity contribution >= 4 is 29.2 Å². The Morgan fingerprint density at radius 3 is 2.68 bits per heavy atom. The Morgan fingerprint density at radius 1 is 1.27 bits per heavy atom. The molecule has 0 saturated heterocycles. The van der Waals surface area contributed by atoms with E-state index in [1.807, 2.05) is 0 Å². The smallest absolute Gasteiger partial charge is 0.342 e. The van der Waals surface area contributed by atoms with Crippen molar-refractivity contribution in [2.24, 2.45) is 0 Å². The van der Waals surface area contributed by atoms with E-state index in [1.165, 1.54) is 43.5 Å². The molecule has 1 atom stereocenters. The zero-order chi connectivity index (χ0) is 16.1. The molecule has 1 amide bonds. The zero-order valence-corrected chi connectivity index (χ0v) is 12.3. The number of hydrogen-bond donors (Lipinski definition) is 1. The van der Waals surface area contributed by atoms with Gasteiger partial charge in [-0.2, -0.15) is 0 Å². The number of anilines is 1. The van der Waals surface area contributed by atoms with Gasteiger partial charge in [-0.15, -0.1) is 0 Å². The maximum Gasteiger partial charge on any atom is 0.342 e. The second-order valence-electron chi connectivity index (χ2n) is 4.36. The van der Waals surface area contributed by atoms with Gasteiger partial charge in [0.1, 0.15) is 11.0 Å². The lowest BCUT2D eigenvalue weighted by atomic mass is 10.2. The van der Waals surface area contributed by atoms with Crippen molar-refractivity contribution in [3.05, 3.63) is 59.1 Å². The van der Waals surface area contributed by atoms with Crippen LogP contribution in [0.1, 0.15) is 17.3 Å². The van der Waals surface area contributed by atoms with Crippen LogP contribution in [0.2, 0.25) is 5.15 Å². The predicted octanol–water partition coefficient (Wildman–Crippen LogP) is 3.06. The third-order valence-electron chi connectivity index (χ3n) is 2.76. The topological polar surface area (TPSA) is 68.3 Å². The van der Waals surface area contributed by atoms with Crippen LogP contribution in [0, 0.1) is 5.82 Å². The summed E-state index contributed by atoms with van der Waals surface area (Å²) in [5.74, 6) is -2.02. The van der Waals surface area contributed by atoms with E-state index >= 15 is 0 Å². The number of para-hydroxylation sites is 1. The highest BCUT2D eigenvalue weighted by Crippen LogP contribution is 2.15. The largest absolute Gasteiger partial charge is 0.449 e. The summed E-state index contributed by atoms with van der Waals surface area (Å²) in [7, 11) is 0. The minimum Gasteiger partial charge on any atom is -0.449 e. The van der Waals surface area contributed by atoms with Gasteiger partial charge in [0.2, 0.25) is 0 Å². The van der Waals surface area contributed by atoms with Crippen LogP contribution >= 0.6 is 11.6 Å². The second kappa shape index (κ2) is 7.00. The number of ether oxygens (including phenoxy) is 1. The maximum absolute atomic E-state index is 13.4. The SMILES string of the molecule is C[C@H](OC(=O)c1cccnc1Cl)C(=O)Nc1ccccc1F. The number of aromatic nitrogens is 1. The van der Waals surface area contributed by atoms with Gasteiger partial charge in [-0.05, 0) is 31.2 Å². The number of halogens is 2. The van der Waals surface area contributed by atoms with Crippen molar-refractivity contribution in [3.63, 3.8) is 0 Å². The van der Waals surface area contributed by atoms with E-state index in [1.54, 1.807) is 6.07 Å². The Morgan fingerprint density at radius 2 is 2.00 bits per heavy atom. The number of nitrogens with one attached hydrogen (secondary N) is 1. The molecule has 1 heterocycles. The molecule has 1 aromatic heterocycles. The number of esters is 1. The summed E-state index contributed by atoms with van der Waals surface area (Å²) in [4.78, 5) is 27.6. The standard InChI is InChI=1S/C15H12ClFN2O3/c1-9(14(20)19-12-7-3-2-6-11(12)17)22-15(21)10-5-4-8-18-13(10)16/h2-9H,1H3,(H,19,20)/t9-/m0/s1. The van der Waals surface area contributed by atoms with Crippen LogP contribution < -0.4 is 5.32 Å². The van der Waals surface area contributed by atoms with E-state index in [0.29, 0.717) is 0 Å². The van der Waals surface area contributed by atoms with Gasteiger partial charge in [0.25, 0.3) is 5.91 Å². The van der Waals surface area contributed by atoms with Crippen LogP contribution in [0.15, 0.2) is 42.6 Å². The average molecular weight is 323 g/mol. The number of hydrogen-bond acceptors (Lipinski definition) is 4. The molecule has 2 rings (SSSR count). The Hall–Kier alpha value is -2.47. The molecule has 0 aliphatic heterocycles. The number of rotatable bonds is 4. The van der Waals surface area contributed by atoms with Crippen LogP contribution in [0.5, 0.6) is 0 Å². The summed E-state index contributed by atoms with van der Waals surface area (Å²) in [6, 6.07) is 8.64. The van der Waals surface area contributed by atoms with E-state index in [0.717, 1.165) is 0 Å². The van der Waals surface area contributed by atoms with Crippen molar-refractivity contribution < 1.29 is 18.7 Å². The fourth-order valence-electron chi connectivity index (χ4n) is 1.61.